The van der Waals surface area contributed by atoms with Crippen LogP contribution in [0.1, 0.15) is 61.4 Å². The standard InChI is InChI=1S/C23H33N3O3/c1-2-18-3-5-19(6-4-18)17-26-12-7-21(8-13-26)28-16-11-22-24-23(29-25-22)20-9-14-27-15-10-20/h3-6,20-21H,2,7-17H2,1H3. The van der Waals surface area contributed by atoms with E-state index >= 15 is 0 Å². The summed E-state index contributed by atoms with van der Waals surface area (Å²) in [4.78, 5) is 7.09. The molecule has 2 saturated heterocycles. The van der Waals surface area contributed by atoms with Gasteiger partial charge in [0.25, 0.3) is 0 Å². The topological polar surface area (TPSA) is 60.6 Å². The lowest BCUT2D eigenvalue weighted by Gasteiger charge is -2.31. The Morgan fingerprint density at radius 2 is 1.76 bits per heavy atom. The van der Waals surface area contributed by atoms with E-state index in [4.69, 9.17) is 14.0 Å². The molecule has 3 heterocycles. The van der Waals surface area contributed by atoms with Gasteiger partial charge in [-0.25, -0.2) is 0 Å². The van der Waals surface area contributed by atoms with Crippen molar-refractivity contribution in [2.45, 2.75) is 64.0 Å². The van der Waals surface area contributed by atoms with Crippen LogP contribution in [0.4, 0.5) is 0 Å². The summed E-state index contributed by atoms with van der Waals surface area (Å²) in [6.07, 6.45) is 6.29. The van der Waals surface area contributed by atoms with E-state index < -0.39 is 0 Å². The second kappa shape index (κ2) is 10.3. The van der Waals surface area contributed by atoms with Crippen molar-refractivity contribution in [2.75, 3.05) is 32.9 Å². The minimum Gasteiger partial charge on any atom is -0.381 e. The molecule has 0 unspecified atom stereocenters. The van der Waals surface area contributed by atoms with Gasteiger partial charge in [0.1, 0.15) is 0 Å². The molecule has 0 atom stereocenters. The summed E-state index contributed by atoms with van der Waals surface area (Å²) in [5, 5.41) is 4.13. The van der Waals surface area contributed by atoms with E-state index in [-0.39, 0.29) is 0 Å². The lowest BCUT2D eigenvalue weighted by Crippen LogP contribution is -2.36. The number of hydrogen-bond acceptors (Lipinski definition) is 6. The first-order valence-electron chi connectivity index (χ1n) is 11.1. The van der Waals surface area contributed by atoms with Crippen molar-refractivity contribution in [3.8, 4) is 0 Å². The molecule has 0 saturated carbocycles. The zero-order chi connectivity index (χ0) is 19.9. The van der Waals surface area contributed by atoms with Gasteiger partial charge in [0.15, 0.2) is 5.82 Å². The highest BCUT2D eigenvalue weighted by atomic mass is 16.5. The molecule has 6 nitrogen and oxygen atoms in total. The lowest BCUT2D eigenvalue weighted by molar-refractivity contribution is 0.00676. The monoisotopic (exact) mass is 399 g/mol. The zero-order valence-corrected chi connectivity index (χ0v) is 17.5. The Kier molecular flexibility index (Phi) is 7.30. The summed E-state index contributed by atoms with van der Waals surface area (Å²) in [6.45, 7) is 7.66. The third-order valence-electron chi connectivity index (χ3n) is 6.11. The Morgan fingerprint density at radius 1 is 1.03 bits per heavy atom. The van der Waals surface area contributed by atoms with Crippen LogP contribution in [-0.4, -0.2) is 54.1 Å². The van der Waals surface area contributed by atoms with Crippen LogP contribution in [0.15, 0.2) is 28.8 Å². The minimum atomic E-state index is 0.343. The van der Waals surface area contributed by atoms with Crippen LogP contribution in [0.25, 0.3) is 0 Å². The van der Waals surface area contributed by atoms with E-state index in [2.05, 4.69) is 46.2 Å². The van der Waals surface area contributed by atoms with Crippen LogP contribution in [0.3, 0.4) is 0 Å². The van der Waals surface area contributed by atoms with Gasteiger partial charge in [-0.3, -0.25) is 4.90 Å². The van der Waals surface area contributed by atoms with Gasteiger partial charge in [-0.15, -0.1) is 0 Å². The van der Waals surface area contributed by atoms with Crippen molar-refractivity contribution < 1.29 is 14.0 Å². The number of piperidine rings is 1. The molecule has 4 rings (SSSR count). The molecule has 2 aliphatic heterocycles. The average Bonchev–Trinajstić information content (AvgIpc) is 3.25. The van der Waals surface area contributed by atoms with E-state index in [0.717, 1.165) is 83.1 Å². The summed E-state index contributed by atoms with van der Waals surface area (Å²) in [5.74, 6) is 1.89. The fraction of sp³-hybridized carbons (Fsp3) is 0.652. The lowest BCUT2D eigenvalue weighted by atomic mass is 10.0. The predicted molar refractivity (Wildman–Crippen MR) is 111 cm³/mol. The molecule has 0 N–H and O–H groups in total. The summed E-state index contributed by atoms with van der Waals surface area (Å²) < 4.78 is 17.0. The maximum absolute atomic E-state index is 6.10. The average molecular weight is 400 g/mol. The molecule has 0 spiro atoms. The van der Waals surface area contributed by atoms with Crippen molar-refractivity contribution in [1.82, 2.24) is 15.0 Å². The number of benzene rings is 1. The molecule has 29 heavy (non-hydrogen) atoms. The Bertz CT molecular complexity index is 732. The van der Waals surface area contributed by atoms with E-state index in [1.54, 1.807) is 0 Å². The number of rotatable bonds is 8. The maximum atomic E-state index is 6.10. The molecule has 6 heteroatoms. The molecular weight excluding hydrogens is 366 g/mol. The predicted octanol–water partition coefficient (Wildman–Crippen LogP) is 3.75. The van der Waals surface area contributed by atoms with Gasteiger partial charge in [-0.1, -0.05) is 36.3 Å². The fourth-order valence-corrected chi connectivity index (χ4v) is 4.17. The summed E-state index contributed by atoms with van der Waals surface area (Å²) in [6, 6.07) is 9.02. The molecule has 0 aliphatic carbocycles. The van der Waals surface area contributed by atoms with Crippen LogP contribution in [-0.2, 0) is 28.9 Å². The van der Waals surface area contributed by atoms with Crippen LogP contribution >= 0.6 is 0 Å². The molecular formula is C23H33N3O3. The first kappa shape index (κ1) is 20.5. The van der Waals surface area contributed by atoms with Gasteiger partial charge < -0.3 is 14.0 Å². The number of likely N-dealkylation sites (tertiary alicyclic amines) is 1. The van der Waals surface area contributed by atoms with Crippen LogP contribution < -0.4 is 0 Å². The highest BCUT2D eigenvalue weighted by molar-refractivity contribution is 5.22. The van der Waals surface area contributed by atoms with Gasteiger partial charge in [0, 0.05) is 45.2 Å². The van der Waals surface area contributed by atoms with E-state index in [1.807, 2.05) is 0 Å². The fourth-order valence-electron chi connectivity index (χ4n) is 4.17. The number of aromatic nitrogens is 2. The summed E-state index contributed by atoms with van der Waals surface area (Å²) >= 11 is 0. The Morgan fingerprint density at radius 3 is 2.48 bits per heavy atom. The molecule has 2 fully saturated rings. The van der Waals surface area contributed by atoms with Gasteiger partial charge in [-0.2, -0.15) is 4.98 Å². The first-order chi connectivity index (χ1) is 14.3. The van der Waals surface area contributed by atoms with E-state index in [0.29, 0.717) is 18.6 Å². The molecule has 1 aromatic carbocycles. The summed E-state index contributed by atoms with van der Waals surface area (Å²) in [5.41, 5.74) is 2.81. The van der Waals surface area contributed by atoms with Crippen molar-refractivity contribution in [3.05, 3.63) is 47.1 Å². The minimum absolute atomic E-state index is 0.343. The van der Waals surface area contributed by atoms with Crippen LogP contribution in [0.2, 0.25) is 0 Å². The second-order valence-electron chi connectivity index (χ2n) is 8.20. The Labute approximate surface area is 173 Å². The van der Waals surface area contributed by atoms with Crippen molar-refractivity contribution in [3.63, 3.8) is 0 Å². The molecule has 0 radical (unpaired) electrons. The van der Waals surface area contributed by atoms with Crippen molar-refractivity contribution in [1.29, 1.82) is 0 Å². The molecule has 0 amide bonds. The van der Waals surface area contributed by atoms with Gasteiger partial charge in [0.2, 0.25) is 5.89 Å². The normalized spacial score (nSPS) is 19.6. The van der Waals surface area contributed by atoms with E-state index in [9.17, 15) is 0 Å². The van der Waals surface area contributed by atoms with Crippen molar-refractivity contribution in [2.24, 2.45) is 0 Å². The maximum Gasteiger partial charge on any atom is 0.229 e. The number of ether oxygens (including phenoxy) is 2. The molecule has 2 aliphatic rings. The molecule has 0 bridgehead atoms. The van der Waals surface area contributed by atoms with Gasteiger partial charge >= 0.3 is 0 Å². The highest BCUT2D eigenvalue weighted by Gasteiger charge is 2.23. The first-order valence-corrected chi connectivity index (χ1v) is 11.1. The number of hydrogen-bond donors (Lipinski definition) is 0. The second-order valence-corrected chi connectivity index (χ2v) is 8.20. The number of nitrogens with zero attached hydrogens (tertiary/aromatic N) is 3. The quantitative estimate of drug-likeness (QED) is 0.674. The summed E-state index contributed by atoms with van der Waals surface area (Å²) in [7, 11) is 0. The zero-order valence-electron chi connectivity index (χ0n) is 17.5. The highest BCUT2D eigenvalue weighted by Crippen LogP contribution is 2.25. The Hall–Kier alpha value is -1.76. The van der Waals surface area contributed by atoms with E-state index in [1.165, 1.54) is 11.1 Å². The molecule has 158 valence electrons. The number of aryl methyl sites for hydroxylation is 1. The van der Waals surface area contributed by atoms with Crippen molar-refractivity contribution >= 4 is 0 Å². The molecule has 1 aromatic heterocycles. The third kappa shape index (κ3) is 5.87. The molecule has 2 aromatic rings. The van der Waals surface area contributed by atoms with Crippen LogP contribution in [0, 0.1) is 0 Å². The van der Waals surface area contributed by atoms with Crippen LogP contribution in [0.5, 0.6) is 0 Å². The third-order valence-corrected chi connectivity index (χ3v) is 6.11. The largest absolute Gasteiger partial charge is 0.381 e. The Balaban J connectivity index is 1.14. The SMILES string of the molecule is CCc1ccc(CN2CCC(OCCc3noc(C4CCOCC4)n3)CC2)cc1. The van der Waals surface area contributed by atoms with Gasteiger partial charge in [-0.05, 0) is 43.2 Å². The smallest absolute Gasteiger partial charge is 0.229 e. The van der Waals surface area contributed by atoms with Gasteiger partial charge in [0.05, 0.1) is 12.7 Å².